The summed E-state index contributed by atoms with van der Waals surface area (Å²) >= 11 is 1.43. The molecule has 2 N–H and O–H groups in total. The summed E-state index contributed by atoms with van der Waals surface area (Å²) in [5, 5.41) is 3.63. The van der Waals surface area contributed by atoms with Crippen LogP contribution in [0.4, 0.5) is 0 Å². The number of aromatic nitrogens is 1. The topological polar surface area (TPSA) is 101 Å². The Bertz CT molecular complexity index is 948. The Hall–Kier alpha value is -1.71. The summed E-state index contributed by atoms with van der Waals surface area (Å²) in [4.78, 5) is 16.3. The van der Waals surface area contributed by atoms with Crippen LogP contribution in [0.5, 0.6) is 0 Å². The number of amides is 1. The van der Waals surface area contributed by atoms with Crippen LogP contribution < -0.4 is 10.3 Å². The minimum Gasteiger partial charge on any atom is -0.360 e. The molecule has 0 bridgehead atoms. The lowest BCUT2D eigenvalue weighted by molar-refractivity contribution is 0.0949. The summed E-state index contributed by atoms with van der Waals surface area (Å²) < 4.78 is 29.7. The van der Waals surface area contributed by atoms with Crippen molar-refractivity contribution in [2.75, 3.05) is 0 Å². The molecule has 2 aromatic rings. The lowest BCUT2D eigenvalue weighted by Gasteiger charge is -2.33. The van der Waals surface area contributed by atoms with Gasteiger partial charge in [0.25, 0.3) is 15.9 Å². The summed E-state index contributed by atoms with van der Waals surface area (Å²) in [6.45, 7) is 9.77. The number of carbonyl (C=O) groups excluding carboxylic acids is 1. The molecular formula is C18H25N3O4S2. The number of nitrogens with one attached hydrogen (secondary N) is 2. The highest BCUT2D eigenvalue weighted by Crippen LogP contribution is 2.40. The first kappa shape index (κ1) is 20.0. The molecule has 3 rings (SSSR count). The van der Waals surface area contributed by atoms with Gasteiger partial charge in [0.05, 0.1) is 4.88 Å². The van der Waals surface area contributed by atoms with E-state index < -0.39 is 15.9 Å². The van der Waals surface area contributed by atoms with Crippen LogP contribution in [-0.2, 0) is 22.9 Å². The van der Waals surface area contributed by atoms with Gasteiger partial charge in [-0.05, 0) is 56.1 Å². The van der Waals surface area contributed by atoms with Crippen molar-refractivity contribution in [3.8, 4) is 0 Å². The van der Waals surface area contributed by atoms with Gasteiger partial charge in [0, 0.05) is 4.88 Å². The van der Waals surface area contributed by atoms with Crippen molar-refractivity contribution in [1.82, 2.24) is 15.4 Å². The highest BCUT2D eigenvalue weighted by molar-refractivity contribution is 7.89. The van der Waals surface area contributed by atoms with E-state index in [9.17, 15) is 13.2 Å². The van der Waals surface area contributed by atoms with Crippen LogP contribution in [0.1, 0.15) is 58.8 Å². The van der Waals surface area contributed by atoms with Gasteiger partial charge in [0.2, 0.25) is 0 Å². The molecule has 9 heteroatoms. The highest BCUT2D eigenvalue weighted by atomic mass is 32.2. The van der Waals surface area contributed by atoms with Crippen LogP contribution in [0.3, 0.4) is 0 Å². The lowest BCUT2D eigenvalue weighted by atomic mass is 9.72. The number of aryl methyl sites for hydroxylation is 3. The van der Waals surface area contributed by atoms with E-state index in [-0.39, 0.29) is 21.8 Å². The Labute approximate surface area is 163 Å². The Kier molecular flexibility index (Phi) is 5.22. The molecular weight excluding hydrogens is 386 g/mol. The van der Waals surface area contributed by atoms with E-state index in [4.69, 9.17) is 4.52 Å². The fourth-order valence-corrected chi connectivity index (χ4v) is 5.73. The second-order valence-corrected chi connectivity index (χ2v) is 10.8. The monoisotopic (exact) mass is 411 g/mol. The molecule has 148 valence electrons. The molecule has 1 aliphatic rings. The van der Waals surface area contributed by atoms with E-state index in [1.54, 1.807) is 0 Å². The van der Waals surface area contributed by atoms with E-state index in [2.05, 4.69) is 36.2 Å². The summed E-state index contributed by atoms with van der Waals surface area (Å²) in [6.07, 6.45) is 3.02. The molecule has 0 aliphatic heterocycles. The fourth-order valence-electron chi connectivity index (χ4n) is 3.46. The van der Waals surface area contributed by atoms with Crippen molar-refractivity contribution >= 4 is 27.3 Å². The van der Waals surface area contributed by atoms with Crippen molar-refractivity contribution in [2.24, 2.45) is 11.3 Å². The maximum absolute atomic E-state index is 12.5. The zero-order chi connectivity index (χ0) is 20.0. The number of hydrogen-bond acceptors (Lipinski definition) is 6. The third-order valence-electron chi connectivity index (χ3n) is 5.07. The van der Waals surface area contributed by atoms with Crippen molar-refractivity contribution in [3.63, 3.8) is 0 Å². The minimum absolute atomic E-state index is 0.0544. The smallest absolute Gasteiger partial charge is 0.276 e. The molecule has 0 aromatic carbocycles. The van der Waals surface area contributed by atoms with E-state index in [0.717, 1.165) is 19.3 Å². The molecule has 0 saturated carbocycles. The van der Waals surface area contributed by atoms with Gasteiger partial charge < -0.3 is 4.52 Å². The second-order valence-electron chi connectivity index (χ2n) is 8.08. The van der Waals surface area contributed by atoms with Gasteiger partial charge in [-0.3, -0.25) is 10.2 Å². The molecule has 1 amide bonds. The molecule has 2 aromatic heterocycles. The Morgan fingerprint density at radius 1 is 1.33 bits per heavy atom. The van der Waals surface area contributed by atoms with Gasteiger partial charge in [-0.2, -0.15) is 0 Å². The minimum atomic E-state index is -3.95. The average molecular weight is 412 g/mol. The normalized spacial score (nSPS) is 17.6. The first-order chi connectivity index (χ1) is 12.5. The quantitative estimate of drug-likeness (QED) is 0.753. The summed E-state index contributed by atoms with van der Waals surface area (Å²) in [7, 11) is -3.95. The third-order valence-corrected chi connectivity index (χ3v) is 7.79. The predicted molar refractivity (Wildman–Crippen MR) is 103 cm³/mol. The van der Waals surface area contributed by atoms with Crippen molar-refractivity contribution in [3.05, 3.63) is 32.8 Å². The SMILES string of the molecule is Cc1noc(C)c1S(=O)(=O)NNC(=O)c1cc2c(s1)CC[C@H](C(C)(C)C)C2. The summed E-state index contributed by atoms with van der Waals surface area (Å²) in [5.74, 6) is 0.291. The summed E-state index contributed by atoms with van der Waals surface area (Å²) in [5.41, 5.74) is 3.97. The average Bonchev–Trinajstić information content (AvgIpc) is 3.14. The van der Waals surface area contributed by atoms with E-state index in [0.29, 0.717) is 10.8 Å². The number of sulfonamides is 1. The predicted octanol–water partition coefficient (Wildman–Crippen LogP) is 3.13. The Morgan fingerprint density at radius 2 is 2.04 bits per heavy atom. The Balaban J connectivity index is 1.71. The largest absolute Gasteiger partial charge is 0.360 e. The van der Waals surface area contributed by atoms with Crippen LogP contribution in [0.2, 0.25) is 0 Å². The van der Waals surface area contributed by atoms with E-state index >= 15 is 0 Å². The van der Waals surface area contributed by atoms with Crippen LogP contribution in [0.25, 0.3) is 0 Å². The molecule has 0 fully saturated rings. The number of thiophene rings is 1. The van der Waals surface area contributed by atoms with Gasteiger partial charge in [-0.25, -0.2) is 8.42 Å². The van der Waals surface area contributed by atoms with Gasteiger partial charge in [0.1, 0.15) is 10.6 Å². The molecule has 0 saturated heterocycles. The van der Waals surface area contributed by atoms with E-state index in [1.807, 2.05) is 6.07 Å². The summed E-state index contributed by atoms with van der Waals surface area (Å²) in [6, 6.07) is 1.89. The number of fused-ring (bicyclic) bond motifs is 1. The number of hydrazine groups is 1. The number of nitrogens with zero attached hydrogens (tertiary/aromatic N) is 1. The van der Waals surface area contributed by atoms with E-state index in [1.165, 1.54) is 35.6 Å². The lowest BCUT2D eigenvalue weighted by Crippen LogP contribution is -2.41. The van der Waals surface area contributed by atoms with Crippen molar-refractivity contribution in [2.45, 2.75) is 58.8 Å². The molecule has 1 atom stereocenters. The number of rotatable bonds is 4. The maximum Gasteiger partial charge on any atom is 0.276 e. The van der Waals surface area contributed by atoms with Gasteiger partial charge in [0.15, 0.2) is 5.76 Å². The Morgan fingerprint density at radius 3 is 2.63 bits per heavy atom. The molecule has 1 aliphatic carbocycles. The first-order valence-electron chi connectivity index (χ1n) is 8.85. The molecule has 0 unspecified atom stereocenters. The van der Waals surface area contributed by atoms with Crippen molar-refractivity contribution < 1.29 is 17.7 Å². The third kappa shape index (κ3) is 4.09. The van der Waals surface area contributed by atoms with Gasteiger partial charge in [-0.15, -0.1) is 16.2 Å². The molecule has 0 radical (unpaired) electrons. The maximum atomic E-state index is 12.5. The van der Waals surface area contributed by atoms with Crippen molar-refractivity contribution in [1.29, 1.82) is 0 Å². The second kappa shape index (κ2) is 7.03. The van der Waals surface area contributed by atoms with Gasteiger partial charge >= 0.3 is 0 Å². The molecule has 27 heavy (non-hydrogen) atoms. The van der Waals surface area contributed by atoms with Crippen LogP contribution in [0.15, 0.2) is 15.5 Å². The van der Waals surface area contributed by atoms with Crippen LogP contribution >= 0.6 is 11.3 Å². The number of carbonyl (C=O) groups is 1. The zero-order valence-corrected chi connectivity index (χ0v) is 17.8. The van der Waals surface area contributed by atoms with Gasteiger partial charge in [-0.1, -0.05) is 25.9 Å². The fraction of sp³-hybridized carbons (Fsp3) is 0.556. The van der Waals surface area contributed by atoms with Crippen LogP contribution in [-0.4, -0.2) is 19.5 Å². The zero-order valence-electron chi connectivity index (χ0n) is 16.2. The first-order valence-corrected chi connectivity index (χ1v) is 11.2. The number of hydrogen-bond donors (Lipinski definition) is 2. The molecule has 0 spiro atoms. The highest BCUT2D eigenvalue weighted by Gasteiger charge is 2.31. The standard InChI is InChI=1S/C18H25N3O4S2/c1-10-16(11(2)25-20-10)27(23,24)21-19-17(22)15-9-12-8-13(18(3,4)5)6-7-14(12)26-15/h9,13,21H,6-8H2,1-5H3,(H,19,22)/t13-/m0/s1. The molecule has 2 heterocycles. The molecule has 7 nitrogen and oxygen atoms in total. The van der Waals surface area contributed by atoms with Crippen LogP contribution in [0, 0.1) is 25.2 Å².